The minimum Gasteiger partial charge on any atom is -0.463 e. The van der Waals surface area contributed by atoms with Crippen LogP contribution in [0.1, 0.15) is 84.0 Å². The number of ether oxygens (including phenoxy) is 1. The minimum atomic E-state index is -1.36. The summed E-state index contributed by atoms with van der Waals surface area (Å²) in [6, 6.07) is 1.25. The third-order valence-corrected chi connectivity index (χ3v) is 8.39. The van der Waals surface area contributed by atoms with Crippen LogP contribution in [0.15, 0.2) is 12.2 Å². The van der Waals surface area contributed by atoms with Gasteiger partial charge in [-0.15, -0.1) is 0 Å². The monoisotopic (exact) mass is 546 g/mol. The molecule has 0 aromatic heterocycles. The summed E-state index contributed by atoms with van der Waals surface area (Å²) in [6.45, 7) is 2.39. The van der Waals surface area contributed by atoms with E-state index in [1.165, 1.54) is 82.7 Å². The quantitative estimate of drug-likeness (QED) is 0.0643. The summed E-state index contributed by atoms with van der Waals surface area (Å²) < 4.78 is 3.71. The minimum absolute atomic E-state index is 0.217. The van der Waals surface area contributed by atoms with E-state index < -0.39 is 3.93 Å². The molecule has 0 rings (SSSR count). The second-order valence-corrected chi connectivity index (χ2v) is 29.8. The van der Waals surface area contributed by atoms with Gasteiger partial charge in [0.05, 0.1) is 6.61 Å². The molecule has 0 aliphatic rings. The summed E-state index contributed by atoms with van der Waals surface area (Å²) in [6.07, 6.45) is 18.9. The Balaban J connectivity index is 3.11. The van der Waals surface area contributed by atoms with Gasteiger partial charge in [-0.25, -0.2) is 4.79 Å². The molecule has 0 radical (unpaired) electrons. The maximum atomic E-state index is 11.1. The molecule has 0 aromatic carbocycles. The van der Waals surface area contributed by atoms with Crippen LogP contribution in [0.2, 0.25) is 6.04 Å². The van der Waals surface area contributed by atoms with E-state index >= 15 is 0 Å². The summed E-state index contributed by atoms with van der Waals surface area (Å²) in [5.74, 6) is -0.217. The summed E-state index contributed by atoms with van der Waals surface area (Å²) in [7, 11) is 0. The molecule has 0 bridgehead atoms. The van der Waals surface area contributed by atoms with E-state index in [-0.39, 0.29) is 5.97 Å². The van der Waals surface area contributed by atoms with Crippen LogP contribution in [0, 0.1) is 0 Å². The van der Waals surface area contributed by atoms with Gasteiger partial charge >= 0.3 is 5.97 Å². The normalized spacial score (nSPS) is 12.0. The van der Waals surface area contributed by atoms with Crippen molar-refractivity contribution in [2.24, 2.45) is 0 Å². The number of carbonyl (C=O) groups excluding carboxylic acids is 1. The lowest BCUT2D eigenvalue weighted by Crippen LogP contribution is -2.04. The van der Waals surface area contributed by atoms with Crippen LogP contribution in [0.25, 0.3) is 0 Å². The van der Waals surface area contributed by atoms with E-state index in [1.807, 2.05) is 6.92 Å². The fourth-order valence-electron chi connectivity index (χ4n) is 2.55. The van der Waals surface area contributed by atoms with Crippen molar-refractivity contribution in [3.8, 4) is 0 Å². The molecule has 0 aliphatic carbocycles. The molecule has 0 heterocycles. The molecule has 2 nitrogen and oxygen atoms in total. The Hall–Kier alpha value is 0.867. The zero-order valence-corrected chi connectivity index (χ0v) is 20.8. The van der Waals surface area contributed by atoms with Crippen LogP contribution in [-0.4, -0.2) is 16.5 Å². The Labute approximate surface area is 173 Å². The van der Waals surface area contributed by atoms with Crippen molar-refractivity contribution >= 4 is 55.8 Å². The molecule has 0 saturated heterocycles. The van der Waals surface area contributed by atoms with Crippen LogP contribution < -0.4 is 0 Å². The highest BCUT2D eigenvalue weighted by molar-refractivity contribution is 9.72. The molecule has 0 aromatic rings. The van der Waals surface area contributed by atoms with Gasteiger partial charge in [-0.1, -0.05) is 123 Å². The van der Waals surface area contributed by atoms with Gasteiger partial charge in [0, 0.05) is 6.08 Å². The Morgan fingerprint density at radius 3 is 1.62 bits per heavy atom. The maximum absolute atomic E-state index is 11.1. The van der Waals surface area contributed by atoms with Crippen molar-refractivity contribution in [2.45, 2.75) is 90.0 Å². The molecule has 24 heavy (non-hydrogen) atoms. The predicted molar refractivity (Wildman–Crippen MR) is 119 cm³/mol. The zero-order valence-electron chi connectivity index (χ0n) is 15.0. The summed E-state index contributed by atoms with van der Waals surface area (Å²) in [5, 5.41) is 0. The lowest BCUT2D eigenvalue weighted by Gasteiger charge is -2.08. The van der Waals surface area contributed by atoms with Crippen LogP contribution in [0.4, 0.5) is 0 Å². The van der Waals surface area contributed by atoms with E-state index in [2.05, 4.69) is 45.9 Å². The van der Waals surface area contributed by atoms with Crippen molar-refractivity contribution in [2.75, 3.05) is 6.61 Å². The highest BCUT2D eigenvalue weighted by Gasteiger charge is 2.20. The van der Waals surface area contributed by atoms with Gasteiger partial charge in [0.2, 0.25) is 0 Å². The molecule has 0 amide bonds. The number of hydrogen-bond donors (Lipinski definition) is 0. The maximum Gasteiger partial charge on any atom is 0.330 e. The van der Waals surface area contributed by atoms with Crippen LogP contribution >= 0.6 is 45.9 Å². The number of unbranched alkanes of at least 4 members (excludes halogenated alkanes) is 11. The summed E-state index contributed by atoms with van der Waals surface area (Å²) in [5.41, 5.74) is 0. The van der Waals surface area contributed by atoms with E-state index in [0.717, 1.165) is 6.42 Å². The zero-order chi connectivity index (χ0) is 18.1. The molecular formula is C18H33Br3O2Si. The first-order valence-electron chi connectivity index (χ1n) is 9.32. The predicted octanol–water partition coefficient (Wildman–Crippen LogP) is 7.91. The van der Waals surface area contributed by atoms with Crippen molar-refractivity contribution in [1.29, 1.82) is 0 Å². The second-order valence-electron chi connectivity index (χ2n) is 6.28. The van der Waals surface area contributed by atoms with Gasteiger partial charge < -0.3 is 4.74 Å². The van der Waals surface area contributed by atoms with Crippen molar-refractivity contribution < 1.29 is 9.53 Å². The molecule has 0 spiro atoms. The van der Waals surface area contributed by atoms with E-state index in [4.69, 9.17) is 4.74 Å². The Bertz CT molecular complexity index is 331. The van der Waals surface area contributed by atoms with Gasteiger partial charge in [0.1, 0.15) is 0 Å². The van der Waals surface area contributed by atoms with Crippen LogP contribution in [0.3, 0.4) is 0 Å². The third kappa shape index (κ3) is 20.9. The van der Waals surface area contributed by atoms with Crippen LogP contribution in [-0.2, 0) is 9.53 Å². The Kier molecular flexibility index (Phi) is 17.9. The van der Waals surface area contributed by atoms with Crippen molar-refractivity contribution in [1.82, 2.24) is 0 Å². The first-order valence-corrected chi connectivity index (χ1v) is 18.3. The number of rotatable bonds is 16. The fraction of sp³-hybridized carbons (Fsp3) is 0.833. The number of hydrogen-bond acceptors (Lipinski definition) is 2. The number of halogens is 3. The van der Waals surface area contributed by atoms with Crippen molar-refractivity contribution in [3.63, 3.8) is 0 Å². The van der Waals surface area contributed by atoms with Gasteiger partial charge in [-0.3, -0.25) is 0 Å². The second kappa shape index (κ2) is 17.3. The fourth-order valence-corrected chi connectivity index (χ4v) is 5.73. The highest BCUT2D eigenvalue weighted by Crippen LogP contribution is 2.33. The smallest absolute Gasteiger partial charge is 0.330 e. The number of esters is 1. The van der Waals surface area contributed by atoms with Gasteiger partial charge in [0.15, 0.2) is 0 Å². The standard InChI is InChI=1S/C18H33Br3O2Si/c1-2-15-18(22)23-16-13-11-9-7-5-3-4-6-8-10-12-14-17-24(19,20)21/h2,15H,3-14,16-17H2,1H3. The van der Waals surface area contributed by atoms with Gasteiger partial charge in [-0.2, -0.15) is 0 Å². The highest BCUT2D eigenvalue weighted by atomic mass is 80.0. The van der Waals surface area contributed by atoms with E-state index in [9.17, 15) is 4.79 Å². The molecule has 0 N–H and O–H groups in total. The van der Waals surface area contributed by atoms with Gasteiger partial charge in [-0.05, 0) is 19.4 Å². The number of allylic oxidation sites excluding steroid dienone is 1. The molecule has 0 unspecified atom stereocenters. The molecule has 142 valence electrons. The Morgan fingerprint density at radius 1 is 0.792 bits per heavy atom. The lowest BCUT2D eigenvalue weighted by molar-refractivity contribution is -0.137. The first kappa shape index (κ1) is 24.9. The molecular weight excluding hydrogens is 516 g/mol. The topological polar surface area (TPSA) is 26.3 Å². The van der Waals surface area contributed by atoms with Crippen LogP contribution in [0.5, 0.6) is 0 Å². The molecule has 6 heteroatoms. The third-order valence-electron chi connectivity index (χ3n) is 3.90. The average Bonchev–Trinajstić information content (AvgIpc) is 2.50. The van der Waals surface area contributed by atoms with E-state index in [0.29, 0.717) is 6.61 Å². The van der Waals surface area contributed by atoms with Crippen molar-refractivity contribution in [3.05, 3.63) is 12.2 Å². The molecule has 0 fully saturated rings. The van der Waals surface area contributed by atoms with Gasteiger partial charge in [0.25, 0.3) is 3.93 Å². The largest absolute Gasteiger partial charge is 0.463 e. The molecule has 0 aliphatic heterocycles. The first-order chi connectivity index (χ1) is 11.5. The lowest BCUT2D eigenvalue weighted by atomic mass is 10.1. The SMILES string of the molecule is CC=CC(=O)OCCCCCCCCCCCCCC[Si](Br)(Br)Br. The number of carbonyl (C=O) groups is 1. The molecule has 0 atom stereocenters. The van der Waals surface area contributed by atoms with E-state index in [1.54, 1.807) is 6.08 Å². The summed E-state index contributed by atoms with van der Waals surface area (Å²) in [4.78, 5) is 11.1. The molecule has 0 saturated carbocycles. The Morgan fingerprint density at radius 2 is 1.21 bits per heavy atom. The average molecular weight is 549 g/mol. The summed E-state index contributed by atoms with van der Waals surface area (Å²) >= 11 is 11.0.